The minimum atomic E-state index is -5.10. The van der Waals surface area contributed by atoms with E-state index in [0.717, 1.165) is 10.5 Å². The van der Waals surface area contributed by atoms with Gasteiger partial charge in [0, 0.05) is 18.7 Å². The third-order valence-corrected chi connectivity index (χ3v) is 5.83. The fourth-order valence-electron chi connectivity index (χ4n) is 3.98. The lowest BCUT2D eigenvalue weighted by Gasteiger charge is -2.29. The molecule has 0 radical (unpaired) electrons. The van der Waals surface area contributed by atoms with E-state index in [9.17, 15) is 35.9 Å². The van der Waals surface area contributed by atoms with Crippen molar-refractivity contribution in [2.45, 2.75) is 39.2 Å². The maximum absolute atomic E-state index is 13.4. The molecule has 5 nitrogen and oxygen atoms in total. The monoisotopic (exact) mass is 554 g/mol. The number of alkyl halides is 6. The van der Waals surface area contributed by atoms with Gasteiger partial charge in [-0.1, -0.05) is 44.2 Å². The standard InChI is InChI=1S/C28H28F6N2O3/c1-19(2)16-36(26(38)21-13-22(27(29,30)31)15-23(14-21)28(32,33)34)18-25(37)35(17-24-9-6-12-39-24)11-10-20-7-4-3-5-8-20/h3-9,12-15,19H,10-11,16-18H2,1-2H3. The van der Waals surface area contributed by atoms with E-state index in [0.29, 0.717) is 24.3 Å². The number of hydrogen-bond acceptors (Lipinski definition) is 3. The van der Waals surface area contributed by atoms with Crippen molar-refractivity contribution in [3.8, 4) is 0 Å². The van der Waals surface area contributed by atoms with E-state index in [2.05, 4.69) is 0 Å². The number of carbonyl (C=O) groups excluding carboxylic acids is 2. The molecule has 3 aromatic rings. The van der Waals surface area contributed by atoms with Crippen molar-refractivity contribution < 1.29 is 40.3 Å². The van der Waals surface area contributed by atoms with Crippen LogP contribution in [0.15, 0.2) is 71.3 Å². The van der Waals surface area contributed by atoms with Gasteiger partial charge in [0.05, 0.1) is 23.9 Å². The quantitative estimate of drug-likeness (QED) is 0.263. The molecule has 0 atom stereocenters. The Bertz CT molecular complexity index is 1210. The molecule has 3 rings (SSSR count). The maximum Gasteiger partial charge on any atom is 0.416 e. The highest BCUT2D eigenvalue weighted by atomic mass is 19.4. The fourth-order valence-corrected chi connectivity index (χ4v) is 3.98. The van der Waals surface area contributed by atoms with Crippen LogP contribution in [0, 0.1) is 5.92 Å². The predicted molar refractivity (Wildman–Crippen MR) is 131 cm³/mol. The van der Waals surface area contributed by atoms with Crippen molar-refractivity contribution in [1.82, 2.24) is 9.80 Å². The molecule has 11 heteroatoms. The van der Waals surface area contributed by atoms with E-state index in [1.807, 2.05) is 30.3 Å². The Morgan fingerprint density at radius 1 is 0.846 bits per heavy atom. The van der Waals surface area contributed by atoms with Gasteiger partial charge in [0.25, 0.3) is 5.91 Å². The Morgan fingerprint density at radius 3 is 1.97 bits per heavy atom. The molecular formula is C28H28F6N2O3. The van der Waals surface area contributed by atoms with Crippen LogP contribution in [0.5, 0.6) is 0 Å². The summed E-state index contributed by atoms with van der Waals surface area (Å²) in [5.74, 6) is -1.38. The summed E-state index contributed by atoms with van der Waals surface area (Å²) in [6, 6.07) is 13.4. The van der Waals surface area contributed by atoms with Crippen LogP contribution in [-0.4, -0.2) is 41.2 Å². The number of hydrogen-bond donors (Lipinski definition) is 0. The van der Waals surface area contributed by atoms with E-state index in [-0.39, 0.29) is 31.6 Å². The second-order valence-corrected chi connectivity index (χ2v) is 9.50. The molecule has 0 saturated carbocycles. The van der Waals surface area contributed by atoms with Gasteiger partial charge < -0.3 is 14.2 Å². The summed E-state index contributed by atoms with van der Waals surface area (Å²) >= 11 is 0. The van der Waals surface area contributed by atoms with Crippen LogP contribution < -0.4 is 0 Å². The number of carbonyl (C=O) groups is 2. The lowest BCUT2D eigenvalue weighted by Crippen LogP contribution is -2.44. The van der Waals surface area contributed by atoms with Crippen molar-refractivity contribution in [1.29, 1.82) is 0 Å². The highest BCUT2D eigenvalue weighted by molar-refractivity contribution is 5.97. The molecule has 2 aromatic carbocycles. The minimum absolute atomic E-state index is 0.0383. The largest absolute Gasteiger partial charge is 0.467 e. The molecule has 210 valence electrons. The first kappa shape index (κ1) is 29.8. The van der Waals surface area contributed by atoms with Gasteiger partial charge in [-0.15, -0.1) is 0 Å². The molecule has 0 spiro atoms. The molecule has 0 aliphatic carbocycles. The molecule has 0 saturated heterocycles. The van der Waals surface area contributed by atoms with Crippen LogP contribution >= 0.6 is 0 Å². The van der Waals surface area contributed by atoms with Crippen LogP contribution in [0.2, 0.25) is 0 Å². The van der Waals surface area contributed by atoms with Crippen LogP contribution in [-0.2, 0) is 30.1 Å². The average Bonchev–Trinajstić information content (AvgIpc) is 3.38. The zero-order valence-electron chi connectivity index (χ0n) is 21.4. The first-order valence-corrected chi connectivity index (χ1v) is 12.2. The van der Waals surface area contributed by atoms with Crippen molar-refractivity contribution in [3.63, 3.8) is 0 Å². The Labute approximate surface area is 222 Å². The SMILES string of the molecule is CC(C)CN(CC(=O)N(CCc1ccccc1)Cc1ccco1)C(=O)c1cc(C(F)(F)F)cc(C(F)(F)F)c1. The topological polar surface area (TPSA) is 53.8 Å². The third kappa shape index (κ3) is 8.62. The van der Waals surface area contributed by atoms with Crippen molar-refractivity contribution in [2.24, 2.45) is 5.92 Å². The van der Waals surface area contributed by atoms with E-state index in [1.54, 1.807) is 26.0 Å². The van der Waals surface area contributed by atoms with Gasteiger partial charge in [-0.3, -0.25) is 9.59 Å². The van der Waals surface area contributed by atoms with E-state index >= 15 is 0 Å². The van der Waals surface area contributed by atoms with Gasteiger partial charge in [-0.25, -0.2) is 0 Å². The van der Waals surface area contributed by atoms with Gasteiger partial charge in [-0.05, 0) is 48.2 Å². The smallest absolute Gasteiger partial charge is 0.416 e. The van der Waals surface area contributed by atoms with Gasteiger partial charge >= 0.3 is 12.4 Å². The van der Waals surface area contributed by atoms with Crippen LogP contribution in [0.25, 0.3) is 0 Å². The summed E-state index contributed by atoms with van der Waals surface area (Å²) in [6.45, 7) is 3.15. The molecule has 1 heterocycles. The Morgan fingerprint density at radius 2 is 1.46 bits per heavy atom. The maximum atomic E-state index is 13.4. The zero-order valence-corrected chi connectivity index (χ0v) is 21.4. The molecule has 0 unspecified atom stereocenters. The molecule has 0 N–H and O–H groups in total. The van der Waals surface area contributed by atoms with Crippen molar-refractivity contribution >= 4 is 11.8 Å². The lowest BCUT2D eigenvalue weighted by molar-refractivity contribution is -0.143. The Kier molecular flexibility index (Phi) is 9.47. The van der Waals surface area contributed by atoms with Crippen LogP contribution in [0.1, 0.15) is 46.7 Å². The number of halogens is 6. The molecule has 0 aliphatic rings. The highest BCUT2D eigenvalue weighted by Crippen LogP contribution is 2.36. The van der Waals surface area contributed by atoms with Crippen molar-refractivity contribution in [3.05, 3.63) is 94.9 Å². The van der Waals surface area contributed by atoms with E-state index in [1.165, 1.54) is 11.2 Å². The normalized spacial score (nSPS) is 12.0. The fraction of sp³-hybridized carbons (Fsp3) is 0.357. The second kappa shape index (κ2) is 12.4. The van der Waals surface area contributed by atoms with Gasteiger partial charge in [0.15, 0.2) is 0 Å². The summed E-state index contributed by atoms with van der Waals surface area (Å²) in [6.07, 6.45) is -8.29. The van der Waals surface area contributed by atoms with Crippen LogP contribution in [0.4, 0.5) is 26.3 Å². The predicted octanol–water partition coefficient (Wildman–Crippen LogP) is 6.69. The zero-order chi connectivity index (χ0) is 28.8. The van der Waals surface area contributed by atoms with E-state index < -0.39 is 47.4 Å². The Balaban J connectivity index is 1.90. The third-order valence-electron chi connectivity index (χ3n) is 5.83. The van der Waals surface area contributed by atoms with Gasteiger partial charge in [-0.2, -0.15) is 26.3 Å². The highest BCUT2D eigenvalue weighted by Gasteiger charge is 2.38. The number of nitrogens with zero attached hydrogens (tertiary/aromatic N) is 2. The Hall–Kier alpha value is -3.76. The first-order valence-electron chi connectivity index (χ1n) is 12.2. The molecule has 39 heavy (non-hydrogen) atoms. The summed E-state index contributed by atoms with van der Waals surface area (Å²) < 4.78 is 85.6. The van der Waals surface area contributed by atoms with Crippen LogP contribution in [0.3, 0.4) is 0 Å². The number of benzene rings is 2. The molecule has 0 aliphatic heterocycles. The molecule has 0 fully saturated rings. The molecular weight excluding hydrogens is 526 g/mol. The number of furan rings is 1. The number of rotatable bonds is 10. The summed E-state index contributed by atoms with van der Waals surface area (Å²) in [5, 5.41) is 0. The van der Waals surface area contributed by atoms with E-state index in [4.69, 9.17) is 4.42 Å². The molecule has 2 amide bonds. The molecule has 1 aromatic heterocycles. The van der Waals surface area contributed by atoms with Crippen molar-refractivity contribution in [2.75, 3.05) is 19.6 Å². The number of amides is 2. The van der Waals surface area contributed by atoms with Gasteiger partial charge in [0.2, 0.25) is 5.91 Å². The lowest BCUT2D eigenvalue weighted by atomic mass is 10.0. The second-order valence-electron chi connectivity index (χ2n) is 9.50. The first-order chi connectivity index (χ1) is 18.2. The minimum Gasteiger partial charge on any atom is -0.467 e. The average molecular weight is 555 g/mol. The summed E-state index contributed by atoms with van der Waals surface area (Å²) in [5.41, 5.74) is -3.04. The molecule has 0 bridgehead atoms. The van der Waals surface area contributed by atoms with Gasteiger partial charge in [0.1, 0.15) is 12.3 Å². The summed E-state index contributed by atoms with van der Waals surface area (Å²) in [4.78, 5) is 29.1. The summed E-state index contributed by atoms with van der Waals surface area (Å²) in [7, 11) is 0.